The zero-order valence-corrected chi connectivity index (χ0v) is 14.0. The summed E-state index contributed by atoms with van der Waals surface area (Å²) in [6, 6.07) is 4.46. The number of benzene rings is 1. The summed E-state index contributed by atoms with van der Waals surface area (Å²) in [7, 11) is 1.71. The van der Waals surface area contributed by atoms with Crippen LogP contribution in [-0.2, 0) is 7.05 Å². The highest BCUT2D eigenvalue weighted by Gasteiger charge is 2.29. The molecule has 1 aliphatic rings. The second-order valence-electron chi connectivity index (χ2n) is 5.96. The van der Waals surface area contributed by atoms with Crippen LogP contribution < -0.4 is 9.80 Å². The molecule has 3 rings (SSSR count). The molecule has 0 atom stereocenters. The SMILES string of the molecule is CC(=O)c1ccc(N2CCN(c3c([N+](=O)[O-])ncn3C)CC2)c(F)c1. The number of piperazine rings is 1. The van der Waals surface area contributed by atoms with E-state index in [-0.39, 0.29) is 11.6 Å². The quantitative estimate of drug-likeness (QED) is 0.478. The van der Waals surface area contributed by atoms with Gasteiger partial charge in [-0.25, -0.2) is 4.39 Å². The molecule has 1 saturated heterocycles. The minimum absolute atomic E-state index is 0.173. The van der Waals surface area contributed by atoms with E-state index in [1.54, 1.807) is 23.7 Å². The molecule has 1 aliphatic heterocycles. The summed E-state index contributed by atoms with van der Waals surface area (Å²) in [5.74, 6) is -0.337. The number of imidazole rings is 1. The Hall–Kier alpha value is -2.97. The number of hydrogen-bond donors (Lipinski definition) is 0. The van der Waals surface area contributed by atoms with Gasteiger partial charge in [0.05, 0.1) is 5.69 Å². The fraction of sp³-hybridized carbons (Fsp3) is 0.375. The van der Waals surface area contributed by atoms with Crippen LogP contribution in [0, 0.1) is 15.9 Å². The summed E-state index contributed by atoms with van der Waals surface area (Å²) in [4.78, 5) is 29.5. The molecular weight excluding hydrogens is 329 g/mol. The average molecular weight is 347 g/mol. The Morgan fingerprint density at radius 2 is 1.88 bits per heavy atom. The molecule has 0 N–H and O–H groups in total. The van der Waals surface area contributed by atoms with Crippen molar-refractivity contribution in [2.75, 3.05) is 36.0 Å². The monoisotopic (exact) mass is 347 g/mol. The minimum atomic E-state index is -0.498. The molecule has 2 heterocycles. The Morgan fingerprint density at radius 1 is 1.24 bits per heavy atom. The van der Waals surface area contributed by atoms with Crippen molar-refractivity contribution in [3.8, 4) is 0 Å². The number of ketones is 1. The average Bonchev–Trinajstić information content (AvgIpc) is 2.97. The molecule has 1 fully saturated rings. The maximum absolute atomic E-state index is 14.3. The lowest BCUT2D eigenvalue weighted by atomic mass is 10.1. The second-order valence-corrected chi connectivity index (χ2v) is 5.96. The van der Waals surface area contributed by atoms with Gasteiger partial charge in [0.25, 0.3) is 0 Å². The molecule has 9 heteroatoms. The fourth-order valence-corrected chi connectivity index (χ4v) is 3.05. The van der Waals surface area contributed by atoms with Crippen molar-refractivity contribution >= 4 is 23.1 Å². The van der Waals surface area contributed by atoms with Crippen LogP contribution in [0.15, 0.2) is 24.5 Å². The summed E-state index contributed by atoms with van der Waals surface area (Å²) in [5, 5.41) is 11.1. The number of nitro groups is 1. The van der Waals surface area contributed by atoms with Crippen molar-refractivity contribution < 1.29 is 14.1 Å². The van der Waals surface area contributed by atoms with Crippen LogP contribution in [0.2, 0.25) is 0 Å². The van der Waals surface area contributed by atoms with Gasteiger partial charge in [-0.15, -0.1) is 0 Å². The maximum atomic E-state index is 14.3. The number of Topliss-reactive ketones (excluding diaryl/α,β-unsaturated/α-hetero) is 1. The van der Waals surface area contributed by atoms with Gasteiger partial charge in [0, 0.05) is 38.8 Å². The van der Waals surface area contributed by atoms with Crippen LogP contribution in [0.3, 0.4) is 0 Å². The van der Waals surface area contributed by atoms with Gasteiger partial charge in [-0.05, 0) is 35.0 Å². The van der Waals surface area contributed by atoms with Gasteiger partial charge in [-0.3, -0.25) is 9.36 Å². The summed E-state index contributed by atoms with van der Waals surface area (Å²) < 4.78 is 15.9. The first-order valence-corrected chi connectivity index (χ1v) is 7.84. The third-order valence-corrected chi connectivity index (χ3v) is 4.33. The Bertz CT molecular complexity index is 827. The van der Waals surface area contributed by atoms with E-state index in [0.717, 1.165) is 0 Å². The van der Waals surface area contributed by atoms with Crippen molar-refractivity contribution in [2.24, 2.45) is 7.05 Å². The van der Waals surface area contributed by atoms with E-state index in [1.807, 2.05) is 9.80 Å². The second kappa shape index (κ2) is 6.50. The highest BCUT2D eigenvalue weighted by molar-refractivity contribution is 5.94. The van der Waals surface area contributed by atoms with E-state index in [9.17, 15) is 19.3 Å². The zero-order chi connectivity index (χ0) is 18.1. The molecule has 0 spiro atoms. The first-order valence-electron chi connectivity index (χ1n) is 7.84. The molecule has 0 radical (unpaired) electrons. The number of nitrogens with zero attached hydrogens (tertiary/aromatic N) is 5. The van der Waals surface area contributed by atoms with Gasteiger partial charge in [0.2, 0.25) is 12.1 Å². The van der Waals surface area contributed by atoms with Crippen LogP contribution >= 0.6 is 0 Å². The summed E-state index contributed by atoms with van der Waals surface area (Å²) in [5.41, 5.74) is 0.773. The number of carbonyl (C=O) groups excluding carboxylic acids is 1. The molecule has 8 nitrogen and oxygen atoms in total. The normalized spacial score (nSPS) is 14.7. The van der Waals surface area contributed by atoms with E-state index in [1.165, 1.54) is 19.3 Å². The van der Waals surface area contributed by atoms with Crippen LogP contribution in [-0.4, -0.2) is 46.4 Å². The first kappa shape index (κ1) is 16.9. The van der Waals surface area contributed by atoms with E-state index in [2.05, 4.69) is 4.98 Å². The van der Waals surface area contributed by atoms with E-state index in [0.29, 0.717) is 43.2 Å². The third kappa shape index (κ3) is 3.17. The number of aromatic nitrogens is 2. The zero-order valence-electron chi connectivity index (χ0n) is 14.0. The molecule has 1 aromatic carbocycles. The van der Waals surface area contributed by atoms with E-state index in [4.69, 9.17) is 0 Å². The van der Waals surface area contributed by atoms with Crippen LogP contribution in [0.1, 0.15) is 17.3 Å². The lowest BCUT2D eigenvalue weighted by Gasteiger charge is -2.36. The van der Waals surface area contributed by atoms with Gasteiger partial charge in [0.15, 0.2) is 5.78 Å². The van der Waals surface area contributed by atoms with Crippen LogP contribution in [0.25, 0.3) is 0 Å². The number of aryl methyl sites for hydroxylation is 1. The number of rotatable bonds is 4. The summed E-state index contributed by atoms with van der Waals surface area (Å²) in [6.07, 6.45) is 1.42. The number of hydrogen-bond acceptors (Lipinski definition) is 6. The predicted molar refractivity (Wildman–Crippen MR) is 90.7 cm³/mol. The van der Waals surface area contributed by atoms with Gasteiger partial charge in [-0.2, -0.15) is 0 Å². The Morgan fingerprint density at radius 3 is 2.44 bits per heavy atom. The number of anilines is 2. The maximum Gasteiger partial charge on any atom is 0.406 e. The van der Waals surface area contributed by atoms with Crippen LogP contribution in [0.4, 0.5) is 21.7 Å². The van der Waals surface area contributed by atoms with Gasteiger partial charge >= 0.3 is 5.82 Å². The Balaban J connectivity index is 1.76. The molecule has 25 heavy (non-hydrogen) atoms. The molecule has 0 saturated carbocycles. The van der Waals surface area contributed by atoms with Crippen molar-refractivity contribution in [1.29, 1.82) is 0 Å². The van der Waals surface area contributed by atoms with E-state index >= 15 is 0 Å². The molecule has 0 amide bonds. The van der Waals surface area contributed by atoms with E-state index < -0.39 is 10.7 Å². The molecule has 1 aromatic heterocycles. The molecule has 132 valence electrons. The lowest BCUT2D eigenvalue weighted by molar-refractivity contribution is -0.388. The summed E-state index contributed by atoms with van der Waals surface area (Å²) >= 11 is 0. The Kier molecular flexibility index (Phi) is 4.39. The first-order chi connectivity index (χ1) is 11.9. The lowest BCUT2D eigenvalue weighted by Crippen LogP contribution is -2.47. The standard InChI is InChI=1S/C16H18FN5O3/c1-11(23)12-3-4-14(13(17)9-12)20-5-7-21(8-6-20)16-15(22(24)25)18-10-19(16)2/h3-4,9-10H,5-8H2,1-2H3. The Labute approximate surface area is 143 Å². The predicted octanol–water partition coefficient (Wildman–Crippen LogP) is 2.00. The molecule has 0 aliphatic carbocycles. The van der Waals surface area contributed by atoms with Gasteiger partial charge in [-0.1, -0.05) is 0 Å². The van der Waals surface area contributed by atoms with Crippen LogP contribution in [0.5, 0.6) is 0 Å². The largest absolute Gasteiger partial charge is 0.406 e. The fourth-order valence-electron chi connectivity index (χ4n) is 3.05. The topological polar surface area (TPSA) is 84.5 Å². The minimum Gasteiger partial charge on any atom is -0.366 e. The molecule has 2 aromatic rings. The smallest absolute Gasteiger partial charge is 0.366 e. The highest BCUT2D eigenvalue weighted by atomic mass is 19.1. The number of carbonyl (C=O) groups is 1. The molecule has 0 bridgehead atoms. The van der Waals surface area contributed by atoms with Crippen molar-refractivity contribution in [2.45, 2.75) is 6.92 Å². The van der Waals surface area contributed by atoms with Gasteiger partial charge < -0.3 is 19.9 Å². The molecular formula is C16H18FN5O3. The highest BCUT2D eigenvalue weighted by Crippen LogP contribution is 2.28. The van der Waals surface area contributed by atoms with Gasteiger partial charge in [0.1, 0.15) is 5.82 Å². The number of halogens is 1. The third-order valence-electron chi connectivity index (χ3n) is 4.33. The van der Waals surface area contributed by atoms with Crippen molar-refractivity contribution in [1.82, 2.24) is 9.55 Å². The van der Waals surface area contributed by atoms with Crippen molar-refractivity contribution in [3.05, 3.63) is 46.0 Å². The van der Waals surface area contributed by atoms with Crippen molar-refractivity contribution in [3.63, 3.8) is 0 Å². The molecule has 0 unspecified atom stereocenters. The summed E-state index contributed by atoms with van der Waals surface area (Å²) in [6.45, 7) is 3.44.